The summed E-state index contributed by atoms with van der Waals surface area (Å²) in [5.41, 5.74) is 0. The van der Waals surface area contributed by atoms with E-state index in [9.17, 15) is 8.42 Å². The summed E-state index contributed by atoms with van der Waals surface area (Å²) in [6.45, 7) is 8.25. The molecule has 1 atom stereocenters. The van der Waals surface area contributed by atoms with Crippen molar-refractivity contribution in [3.8, 4) is 0 Å². The summed E-state index contributed by atoms with van der Waals surface area (Å²) in [5, 5.41) is 3.22. The molecule has 0 radical (unpaired) electrons. The Labute approximate surface area is 127 Å². The van der Waals surface area contributed by atoms with Gasteiger partial charge in [-0.25, -0.2) is 13.1 Å². The molecule has 1 fully saturated rings. The number of hydrogen-bond donors (Lipinski definition) is 2. The maximum atomic E-state index is 12.5. The molecule has 0 aliphatic heterocycles. The molecule has 1 saturated carbocycles. The molecule has 1 aromatic heterocycles. The maximum Gasteiger partial charge on any atom is 0.244 e. The van der Waals surface area contributed by atoms with Crippen LogP contribution < -0.4 is 10.0 Å². The highest BCUT2D eigenvalue weighted by atomic mass is 32.2. The first-order valence-electron chi connectivity index (χ1n) is 7.64. The van der Waals surface area contributed by atoms with Crippen LogP contribution in [0.15, 0.2) is 15.4 Å². The minimum Gasteiger partial charge on any atom is -0.464 e. The van der Waals surface area contributed by atoms with E-state index in [-0.39, 0.29) is 10.9 Å². The van der Waals surface area contributed by atoms with E-state index in [0.29, 0.717) is 30.0 Å². The molecule has 6 heteroatoms. The summed E-state index contributed by atoms with van der Waals surface area (Å²) in [7, 11) is -3.50. The Hall–Kier alpha value is -0.850. The number of aryl methyl sites for hydroxylation is 1. The molecule has 0 bridgehead atoms. The van der Waals surface area contributed by atoms with Crippen LogP contribution in [0, 0.1) is 12.8 Å². The average Bonchev–Trinajstić information content (AvgIpc) is 2.65. The molecule has 2 N–H and O–H groups in total. The van der Waals surface area contributed by atoms with E-state index < -0.39 is 10.0 Å². The van der Waals surface area contributed by atoms with Gasteiger partial charge in [-0.2, -0.15) is 0 Å². The van der Waals surface area contributed by atoms with Crippen molar-refractivity contribution in [2.45, 2.75) is 70.5 Å². The van der Waals surface area contributed by atoms with E-state index in [0.717, 1.165) is 12.8 Å². The molecule has 0 spiro atoms. The summed E-state index contributed by atoms with van der Waals surface area (Å²) in [5.74, 6) is 1.57. The van der Waals surface area contributed by atoms with E-state index in [2.05, 4.69) is 10.0 Å². The first-order chi connectivity index (χ1) is 9.79. The lowest BCUT2D eigenvalue weighted by molar-refractivity contribution is 0.260. The molecule has 1 aromatic rings. The lowest BCUT2D eigenvalue weighted by Crippen LogP contribution is -2.40. The summed E-state index contributed by atoms with van der Waals surface area (Å²) in [6.07, 6.45) is 3.42. The minimum absolute atomic E-state index is 0.0183. The molecule has 0 aromatic carbocycles. The monoisotopic (exact) mass is 314 g/mol. The van der Waals surface area contributed by atoms with E-state index >= 15 is 0 Å². The largest absolute Gasteiger partial charge is 0.464 e. The second kappa shape index (κ2) is 6.50. The maximum absolute atomic E-state index is 12.5. The van der Waals surface area contributed by atoms with Crippen molar-refractivity contribution in [3.05, 3.63) is 17.6 Å². The van der Waals surface area contributed by atoms with Crippen LogP contribution in [0.2, 0.25) is 0 Å². The molecule has 1 aliphatic rings. The second-order valence-electron chi connectivity index (χ2n) is 6.27. The van der Waals surface area contributed by atoms with Crippen molar-refractivity contribution in [2.75, 3.05) is 0 Å². The Kier molecular flexibility index (Phi) is 5.11. The van der Waals surface area contributed by atoms with Gasteiger partial charge >= 0.3 is 0 Å². The fourth-order valence-electron chi connectivity index (χ4n) is 2.53. The highest BCUT2D eigenvalue weighted by molar-refractivity contribution is 7.89. The minimum atomic E-state index is -3.50. The Morgan fingerprint density at radius 3 is 2.52 bits per heavy atom. The Morgan fingerprint density at radius 2 is 2.00 bits per heavy atom. The fraction of sp³-hybridized carbons (Fsp3) is 0.733. The first kappa shape index (κ1) is 16.5. The van der Waals surface area contributed by atoms with Crippen LogP contribution in [0.4, 0.5) is 0 Å². The topological polar surface area (TPSA) is 71.3 Å². The summed E-state index contributed by atoms with van der Waals surface area (Å²) in [6, 6.07) is 1.93. The first-order valence-corrected chi connectivity index (χ1v) is 9.13. The number of nitrogens with one attached hydrogen (secondary N) is 2. The standard InChI is InChI=1S/C15H26N2O3S/c1-10(2)16-9-14-8-15(12(4)20-14)21(18,19)17-11(3)13-6-5-7-13/h8,10-11,13,16-17H,5-7,9H2,1-4H3. The zero-order chi connectivity index (χ0) is 15.6. The number of rotatable bonds is 7. The third kappa shape index (κ3) is 4.08. The van der Waals surface area contributed by atoms with E-state index in [4.69, 9.17) is 4.42 Å². The molecule has 21 heavy (non-hydrogen) atoms. The fourth-order valence-corrected chi connectivity index (χ4v) is 4.04. The van der Waals surface area contributed by atoms with E-state index in [1.807, 2.05) is 20.8 Å². The number of furan rings is 1. The van der Waals surface area contributed by atoms with Crippen molar-refractivity contribution in [3.63, 3.8) is 0 Å². The van der Waals surface area contributed by atoms with Crippen molar-refractivity contribution in [1.82, 2.24) is 10.0 Å². The molecule has 1 unspecified atom stereocenters. The summed E-state index contributed by atoms with van der Waals surface area (Å²) in [4.78, 5) is 0.259. The van der Waals surface area contributed by atoms with Crippen molar-refractivity contribution >= 4 is 10.0 Å². The van der Waals surface area contributed by atoms with Crippen LogP contribution in [-0.4, -0.2) is 20.5 Å². The molecular weight excluding hydrogens is 288 g/mol. The van der Waals surface area contributed by atoms with Gasteiger partial charge in [-0.05, 0) is 32.6 Å². The van der Waals surface area contributed by atoms with Crippen LogP contribution in [-0.2, 0) is 16.6 Å². The lowest BCUT2D eigenvalue weighted by Gasteiger charge is -2.31. The SMILES string of the molecule is Cc1oc(CNC(C)C)cc1S(=O)(=O)NC(C)C1CCC1. The highest BCUT2D eigenvalue weighted by Crippen LogP contribution is 2.30. The van der Waals surface area contributed by atoms with Crippen LogP contribution >= 0.6 is 0 Å². The quantitative estimate of drug-likeness (QED) is 0.811. The van der Waals surface area contributed by atoms with Gasteiger partial charge in [0.2, 0.25) is 10.0 Å². The number of hydrogen-bond acceptors (Lipinski definition) is 4. The van der Waals surface area contributed by atoms with Gasteiger partial charge in [-0.1, -0.05) is 20.3 Å². The van der Waals surface area contributed by atoms with Crippen LogP contribution in [0.5, 0.6) is 0 Å². The molecule has 0 saturated heterocycles. The van der Waals surface area contributed by atoms with Gasteiger partial charge in [0.1, 0.15) is 16.4 Å². The van der Waals surface area contributed by atoms with E-state index in [1.165, 1.54) is 6.42 Å². The normalized spacial score (nSPS) is 18.0. The van der Waals surface area contributed by atoms with Gasteiger partial charge in [0.25, 0.3) is 0 Å². The van der Waals surface area contributed by atoms with Crippen molar-refractivity contribution in [1.29, 1.82) is 0 Å². The summed E-state index contributed by atoms with van der Waals surface area (Å²) < 4.78 is 33.3. The summed E-state index contributed by atoms with van der Waals surface area (Å²) >= 11 is 0. The van der Waals surface area contributed by atoms with Gasteiger partial charge in [0.15, 0.2) is 0 Å². The molecule has 2 rings (SSSR count). The Balaban J connectivity index is 2.08. The van der Waals surface area contributed by atoms with Crippen LogP contribution in [0.1, 0.15) is 51.6 Å². The third-order valence-electron chi connectivity index (χ3n) is 4.10. The van der Waals surface area contributed by atoms with Crippen LogP contribution in [0.25, 0.3) is 0 Å². The van der Waals surface area contributed by atoms with Crippen molar-refractivity contribution < 1.29 is 12.8 Å². The zero-order valence-electron chi connectivity index (χ0n) is 13.3. The number of sulfonamides is 1. The lowest BCUT2D eigenvalue weighted by atomic mass is 9.81. The Morgan fingerprint density at radius 1 is 1.33 bits per heavy atom. The molecule has 1 aliphatic carbocycles. The zero-order valence-corrected chi connectivity index (χ0v) is 14.1. The van der Waals surface area contributed by atoms with E-state index in [1.54, 1.807) is 13.0 Å². The van der Waals surface area contributed by atoms with Crippen LogP contribution in [0.3, 0.4) is 0 Å². The van der Waals surface area contributed by atoms with Gasteiger partial charge in [-0.3, -0.25) is 0 Å². The predicted octanol–water partition coefficient (Wildman–Crippen LogP) is 2.55. The molecule has 1 heterocycles. The highest BCUT2D eigenvalue weighted by Gasteiger charge is 2.29. The van der Waals surface area contributed by atoms with Crippen molar-refractivity contribution in [2.24, 2.45) is 5.92 Å². The van der Waals surface area contributed by atoms with Gasteiger partial charge in [-0.15, -0.1) is 0 Å². The molecule has 0 amide bonds. The molecule has 120 valence electrons. The molecule has 5 nitrogen and oxygen atoms in total. The predicted molar refractivity (Wildman–Crippen MR) is 82.5 cm³/mol. The second-order valence-corrected chi connectivity index (χ2v) is 7.95. The van der Waals surface area contributed by atoms with Gasteiger partial charge < -0.3 is 9.73 Å². The van der Waals surface area contributed by atoms with Gasteiger partial charge in [0, 0.05) is 18.2 Å². The third-order valence-corrected chi connectivity index (χ3v) is 5.76. The smallest absolute Gasteiger partial charge is 0.244 e. The average molecular weight is 314 g/mol. The van der Waals surface area contributed by atoms with Gasteiger partial charge in [0.05, 0.1) is 6.54 Å². The molecular formula is C15H26N2O3S. The Bertz CT molecular complexity index is 574.